The molecular formula is C26H21F3N7O5S-. The first kappa shape index (κ1) is 28.8. The van der Waals surface area contributed by atoms with Crippen LogP contribution in [0.25, 0.3) is 22.4 Å². The molecule has 0 aliphatic carbocycles. The van der Waals surface area contributed by atoms with Crippen LogP contribution in [0, 0.1) is 10.1 Å². The predicted molar refractivity (Wildman–Crippen MR) is 144 cm³/mol. The molecule has 218 valence electrons. The SMILES string of the molecule is O=C(c1cc([N+](=O)[O-])[nH]n1)N1CCN(c2nc(C(F)(F)F)nc(-c3ccc(CS(=O)[O-])cc3)c2-c2ccccc2)CC1. The van der Waals surface area contributed by atoms with Gasteiger partial charge in [0.15, 0.2) is 5.69 Å². The largest absolute Gasteiger partial charge is 0.772 e. The van der Waals surface area contributed by atoms with Gasteiger partial charge < -0.3 is 24.5 Å². The van der Waals surface area contributed by atoms with E-state index in [9.17, 15) is 36.8 Å². The first-order chi connectivity index (χ1) is 20.0. The van der Waals surface area contributed by atoms with Gasteiger partial charge in [0.2, 0.25) is 5.82 Å². The van der Waals surface area contributed by atoms with Crippen molar-refractivity contribution < 1.29 is 31.7 Å². The van der Waals surface area contributed by atoms with Gasteiger partial charge >= 0.3 is 12.0 Å². The van der Waals surface area contributed by atoms with E-state index >= 15 is 0 Å². The summed E-state index contributed by atoms with van der Waals surface area (Å²) in [6.45, 7) is 0.408. The summed E-state index contributed by atoms with van der Waals surface area (Å²) >= 11 is -2.34. The Morgan fingerprint density at radius 1 is 1.00 bits per heavy atom. The first-order valence-electron chi connectivity index (χ1n) is 12.4. The highest BCUT2D eigenvalue weighted by Crippen LogP contribution is 2.40. The second-order valence-electron chi connectivity index (χ2n) is 9.28. The van der Waals surface area contributed by atoms with Crippen molar-refractivity contribution in [2.24, 2.45) is 0 Å². The van der Waals surface area contributed by atoms with Crippen LogP contribution in [0.1, 0.15) is 21.9 Å². The van der Waals surface area contributed by atoms with E-state index < -0.39 is 39.7 Å². The highest BCUT2D eigenvalue weighted by Gasteiger charge is 2.38. The number of piperazine rings is 1. The highest BCUT2D eigenvalue weighted by atomic mass is 32.2. The Morgan fingerprint density at radius 3 is 2.24 bits per heavy atom. The third-order valence-electron chi connectivity index (χ3n) is 6.56. The molecule has 42 heavy (non-hydrogen) atoms. The number of alkyl halides is 3. The third kappa shape index (κ3) is 6.13. The lowest BCUT2D eigenvalue weighted by Gasteiger charge is -2.36. The number of rotatable bonds is 7. The maximum atomic E-state index is 14.1. The van der Waals surface area contributed by atoms with E-state index in [4.69, 9.17) is 0 Å². The number of halogens is 3. The van der Waals surface area contributed by atoms with Crippen molar-refractivity contribution in [1.29, 1.82) is 0 Å². The second-order valence-corrected chi connectivity index (χ2v) is 10.2. The van der Waals surface area contributed by atoms with Gasteiger partial charge in [-0.15, -0.1) is 5.10 Å². The fourth-order valence-electron chi connectivity index (χ4n) is 4.58. The van der Waals surface area contributed by atoms with Crippen molar-refractivity contribution >= 4 is 28.6 Å². The number of carbonyl (C=O) groups is 1. The minimum absolute atomic E-state index is 0.00987. The lowest BCUT2D eigenvalue weighted by Crippen LogP contribution is -2.49. The number of amides is 1. The monoisotopic (exact) mass is 600 g/mol. The van der Waals surface area contributed by atoms with Gasteiger partial charge in [0.25, 0.3) is 5.91 Å². The molecule has 1 aliphatic heterocycles. The molecule has 1 unspecified atom stereocenters. The summed E-state index contributed by atoms with van der Waals surface area (Å²) in [5, 5.41) is 16.8. The summed E-state index contributed by atoms with van der Waals surface area (Å²) in [5.41, 5.74) is 1.55. The van der Waals surface area contributed by atoms with E-state index in [0.29, 0.717) is 22.3 Å². The van der Waals surface area contributed by atoms with Crippen LogP contribution < -0.4 is 4.90 Å². The smallest absolute Gasteiger partial charge is 0.451 e. The molecule has 3 heterocycles. The highest BCUT2D eigenvalue weighted by molar-refractivity contribution is 7.78. The average molecular weight is 601 g/mol. The van der Waals surface area contributed by atoms with Gasteiger partial charge in [0.1, 0.15) is 5.82 Å². The molecule has 16 heteroatoms. The van der Waals surface area contributed by atoms with Crippen LogP contribution in [0.4, 0.5) is 24.8 Å². The van der Waals surface area contributed by atoms with E-state index in [1.807, 2.05) is 0 Å². The standard InChI is InChI=1S/C26H22F3N7O5S/c27-26(28,29)25-30-22(18-8-6-16(7-9-18)15-42(40)41)21(17-4-2-1-3-5-17)23(31-25)34-10-12-35(13-11-34)24(37)19-14-20(33-32-19)36(38)39/h1-9,14H,10-13,15H2,(H,32,33)(H,40,41)/p-1. The molecule has 2 aromatic heterocycles. The fraction of sp³-hybridized carbons (Fsp3) is 0.231. The molecule has 12 nitrogen and oxygen atoms in total. The molecule has 0 spiro atoms. The van der Waals surface area contributed by atoms with E-state index in [2.05, 4.69) is 20.2 Å². The number of carbonyl (C=O) groups excluding carboxylic acids is 1. The van der Waals surface area contributed by atoms with Gasteiger partial charge in [-0.1, -0.05) is 70.8 Å². The molecule has 2 aromatic carbocycles. The molecule has 1 saturated heterocycles. The second kappa shape index (κ2) is 11.7. The first-order valence-corrected chi connectivity index (χ1v) is 13.7. The summed E-state index contributed by atoms with van der Waals surface area (Å²) in [6.07, 6.45) is -4.87. The van der Waals surface area contributed by atoms with Crippen LogP contribution in [0.3, 0.4) is 0 Å². The van der Waals surface area contributed by atoms with E-state index in [-0.39, 0.29) is 49.1 Å². The molecule has 0 saturated carbocycles. The predicted octanol–water partition coefficient (Wildman–Crippen LogP) is 3.80. The van der Waals surface area contributed by atoms with Crippen LogP contribution in [-0.2, 0) is 23.0 Å². The van der Waals surface area contributed by atoms with Gasteiger partial charge in [0.05, 0.1) is 17.3 Å². The van der Waals surface area contributed by atoms with Gasteiger partial charge in [0, 0.05) is 37.5 Å². The van der Waals surface area contributed by atoms with Crippen molar-refractivity contribution in [3.8, 4) is 22.4 Å². The van der Waals surface area contributed by atoms with Gasteiger partial charge in [-0.05, 0) is 16.1 Å². The molecule has 4 aromatic rings. The maximum Gasteiger partial charge on any atom is 0.451 e. The molecule has 0 radical (unpaired) electrons. The number of aromatic amines is 1. The fourth-order valence-corrected chi connectivity index (χ4v) is 5.04. The van der Waals surface area contributed by atoms with E-state index in [0.717, 1.165) is 6.07 Å². The number of nitro groups is 1. The molecule has 1 N–H and O–H groups in total. The zero-order valence-corrected chi connectivity index (χ0v) is 22.4. The van der Waals surface area contributed by atoms with E-state index in [1.54, 1.807) is 35.2 Å². The zero-order chi connectivity index (χ0) is 30.0. The molecular weight excluding hydrogens is 579 g/mol. The number of aromatic nitrogens is 4. The molecule has 0 bridgehead atoms. The Bertz CT molecular complexity index is 1640. The molecule has 1 amide bonds. The van der Waals surface area contributed by atoms with Gasteiger partial charge in [-0.25, -0.2) is 9.97 Å². The van der Waals surface area contributed by atoms with Crippen LogP contribution in [0.15, 0.2) is 60.7 Å². The number of hydrogen-bond donors (Lipinski definition) is 1. The van der Waals surface area contributed by atoms with Crippen molar-refractivity contribution in [2.75, 3.05) is 31.1 Å². The number of nitrogens with one attached hydrogen (secondary N) is 1. The summed E-state index contributed by atoms with van der Waals surface area (Å²) in [4.78, 5) is 34.0. The summed E-state index contributed by atoms with van der Waals surface area (Å²) in [5.74, 6) is -2.57. The normalized spacial score (nSPS) is 14.6. The average Bonchev–Trinajstić information content (AvgIpc) is 3.47. The summed E-state index contributed by atoms with van der Waals surface area (Å²) in [7, 11) is 0. The Balaban J connectivity index is 1.54. The molecule has 1 fully saturated rings. The van der Waals surface area contributed by atoms with Crippen LogP contribution in [0.2, 0.25) is 0 Å². The van der Waals surface area contributed by atoms with E-state index in [1.165, 1.54) is 29.2 Å². The van der Waals surface area contributed by atoms with Crippen molar-refractivity contribution in [3.05, 3.63) is 87.9 Å². The zero-order valence-electron chi connectivity index (χ0n) is 21.6. The molecule has 1 atom stereocenters. The Morgan fingerprint density at radius 2 is 1.67 bits per heavy atom. The van der Waals surface area contributed by atoms with Crippen LogP contribution in [0.5, 0.6) is 0 Å². The lowest BCUT2D eigenvalue weighted by atomic mass is 9.98. The number of benzene rings is 2. The Kier molecular flexibility index (Phi) is 8.00. The van der Waals surface area contributed by atoms with Gasteiger partial charge in [-0.2, -0.15) is 13.2 Å². The summed E-state index contributed by atoms with van der Waals surface area (Å²) in [6, 6.07) is 15.7. The quantitative estimate of drug-likeness (QED) is 0.189. The number of anilines is 1. The third-order valence-corrected chi connectivity index (χ3v) is 7.13. The van der Waals surface area contributed by atoms with Crippen molar-refractivity contribution in [3.63, 3.8) is 0 Å². The Labute approximate surface area is 238 Å². The van der Waals surface area contributed by atoms with Crippen molar-refractivity contribution in [1.82, 2.24) is 25.1 Å². The van der Waals surface area contributed by atoms with Crippen LogP contribution >= 0.6 is 0 Å². The molecule has 1 aliphatic rings. The topological polar surface area (TPSA) is 161 Å². The minimum Gasteiger partial charge on any atom is -0.772 e. The lowest BCUT2D eigenvalue weighted by molar-refractivity contribution is -0.389. The minimum atomic E-state index is -4.87. The molecule has 5 rings (SSSR count). The maximum absolute atomic E-state index is 14.1. The van der Waals surface area contributed by atoms with Gasteiger partial charge in [-0.3, -0.25) is 9.00 Å². The van der Waals surface area contributed by atoms with Crippen LogP contribution in [-0.4, -0.2) is 70.8 Å². The number of hydrogen-bond acceptors (Lipinski definition) is 9. The Hall–Kier alpha value is -4.70. The number of H-pyrrole nitrogens is 1. The summed E-state index contributed by atoms with van der Waals surface area (Å²) < 4.78 is 64.4. The van der Waals surface area contributed by atoms with Crippen molar-refractivity contribution in [2.45, 2.75) is 11.9 Å². The number of nitrogens with zero attached hydrogens (tertiary/aromatic N) is 6.